The summed E-state index contributed by atoms with van der Waals surface area (Å²) in [7, 11) is 1.24. The Labute approximate surface area is 86.4 Å². The summed E-state index contributed by atoms with van der Waals surface area (Å²) in [6.07, 6.45) is 4.20. The van der Waals surface area contributed by atoms with Gasteiger partial charge in [0.1, 0.15) is 6.29 Å². The predicted molar refractivity (Wildman–Crippen MR) is 49.8 cm³/mol. The highest BCUT2D eigenvalue weighted by Crippen LogP contribution is 2.22. The maximum Gasteiger partial charge on any atom is 0.305 e. The van der Waals surface area contributed by atoms with Crippen molar-refractivity contribution in [2.24, 2.45) is 0 Å². The van der Waals surface area contributed by atoms with Crippen molar-refractivity contribution >= 4 is 18.0 Å². The van der Waals surface area contributed by atoms with E-state index in [1.807, 2.05) is 0 Å². The minimum atomic E-state index is -1.72. The summed E-state index contributed by atoms with van der Waals surface area (Å²) in [5, 5.41) is 0. The van der Waals surface area contributed by atoms with Crippen LogP contribution < -0.4 is 0 Å². The van der Waals surface area contributed by atoms with E-state index in [1.54, 1.807) is 0 Å². The average Bonchev–Trinajstić information content (AvgIpc) is 2.20. The van der Waals surface area contributed by atoms with Crippen LogP contribution >= 0.6 is 0 Å². The van der Waals surface area contributed by atoms with Crippen LogP contribution in [-0.4, -0.2) is 30.9 Å². The first kappa shape index (κ1) is 11.3. The van der Waals surface area contributed by atoms with Crippen LogP contribution in [0.5, 0.6) is 0 Å². The van der Waals surface area contributed by atoms with Gasteiger partial charge in [0.15, 0.2) is 0 Å². The Morgan fingerprint density at radius 2 is 2.20 bits per heavy atom. The molecule has 0 saturated heterocycles. The van der Waals surface area contributed by atoms with E-state index in [4.69, 9.17) is 9.47 Å². The summed E-state index contributed by atoms with van der Waals surface area (Å²) < 4.78 is 9.63. The van der Waals surface area contributed by atoms with E-state index < -0.39 is 17.5 Å². The van der Waals surface area contributed by atoms with Crippen molar-refractivity contribution in [1.82, 2.24) is 0 Å². The highest BCUT2D eigenvalue weighted by molar-refractivity contribution is 6.04. The van der Waals surface area contributed by atoms with E-state index in [-0.39, 0.29) is 5.57 Å². The van der Waals surface area contributed by atoms with Gasteiger partial charge in [-0.1, -0.05) is 0 Å². The van der Waals surface area contributed by atoms with Crippen molar-refractivity contribution in [1.29, 1.82) is 0 Å². The van der Waals surface area contributed by atoms with Crippen molar-refractivity contribution in [3.05, 3.63) is 23.8 Å². The number of carbonyl (C=O) groups excluding carboxylic acids is 3. The Balaban J connectivity index is 3.01. The second-order valence-corrected chi connectivity index (χ2v) is 2.93. The Morgan fingerprint density at radius 3 is 2.60 bits per heavy atom. The summed E-state index contributed by atoms with van der Waals surface area (Å²) >= 11 is 0. The number of ether oxygens (including phenoxy) is 2. The molecular weight excluding hydrogens is 200 g/mol. The van der Waals surface area contributed by atoms with Crippen LogP contribution in [-0.2, 0) is 23.9 Å². The number of hydrogen-bond acceptors (Lipinski definition) is 5. The van der Waals surface area contributed by atoms with Crippen molar-refractivity contribution in [2.45, 2.75) is 12.7 Å². The monoisotopic (exact) mass is 210 g/mol. The molecule has 1 rings (SSSR count). The zero-order valence-electron chi connectivity index (χ0n) is 8.35. The number of methoxy groups -OCH3 is 1. The zero-order chi connectivity index (χ0) is 11.5. The van der Waals surface area contributed by atoms with Crippen LogP contribution in [0.4, 0.5) is 0 Å². The summed E-state index contributed by atoms with van der Waals surface area (Å²) in [5.41, 5.74) is 0.208. The lowest BCUT2D eigenvalue weighted by molar-refractivity contribution is -0.198. The lowest BCUT2D eigenvalue weighted by Gasteiger charge is -2.27. The maximum absolute atomic E-state index is 11.6. The molecule has 0 aliphatic heterocycles. The van der Waals surface area contributed by atoms with E-state index in [0.717, 1.165) is 6.08 Å². The van der Waals surface area contributed by atoms with Gasteiger partial charge in [-0.15, -0.1) is 0 Å². The Morgan fingerprint density at radius 1 is 1.53 bits per heavy atom. The Kier molecular flexibility index (Phi) is 3.16. The number of ketones is 1. The SMILES string of the molecule is COC1(OC(C)=O)C=CC(C=O)=CC1=O. The molecule has 0 fully saturated rings. The van der Waals surface area contributed by atoms with Crippen LogP contribution in [0.3, 0.4) is 0 Å². The summed E-state index contributed by atoms with van der Waals surface area (Å²) in [4.78, 5) is 32.8. The van der Waals surface area contributed by atoms with Crippen molar-refractivity contribution in [3.8, 4) is 0 Å². The molecule has 1 unspecified atom stereocenters. The molecule has 0 aromatic heterocycles. The molecule has 15 heavy (non-hydrogen) atoms. The van der Waals surface area contributed by atoms with Gasteiger partial charge in [0.05, 0.1) is 0 Å². The van der Waals surface area contributed by atoms with Crippen molar-refractivity contribution in [2.75, 3.05) is 7.11 Å². The number of esters is 1. The molecule has 0 spiro atoms. The summed E-state index contributed by atoms with van der Waals surface area (Å²) in [5.74, 6) is -2.96. The smallest absolute Gasteiger partial charge is 0.305 e. The molecule has 0 radical (unpaired) electrons. The molecule has 0 aromatic rings. The molecule has 5 heteroatoms. The number of hydrogen-bond donors (Lipinski definition) is 0. The topological polar surface area (TPSA) is 69.7 Å². The van der Waals surface area contributed by atoms with E-state index in [9.17, 15) is 14.4 Å². The summed E-state index contributed by atoms with van der Waals surface area (Å²) in [6.45, 7) is 1.17. The fourth-order valence-corrected chi connectivity index (χ4v) is 1.17. The van der Waals surface area contributed by atoms with Crippen LogP contribution in [0.1, 0.15) is 6.92 Å². The summed E-state index contributed by atoms with van der Waals surface area (Å²) in [6, 6.07) is 0. The number of carbonyl (C=O) groups is 3. The molecule has 80 valence electrons. The van der Waals surface area contributed by atoms with Crippen LogP contribution in [0, 0.1) is 0 Å². The van der Waals surface area contributed by atoms with Gasteiger partial charge in [-0.2, -0.15) is 0 Å². The molecule has 1 atom stereocenters. The second-order valence-electron chi connectivity index (χ2n) is 2.93. The van der Waals surface area contributed by atoms with Gasteiger partial charge < -0.3 is 9.47 Å². The number of aldehydes is 1. The van der Waals surface area contributed by atoms with Gasteiger partial charge in [0, 0.05) is 19.6 Å². The molecule has 5 nitrogen and oxygen atoms in total. The normalized spacial score (nSPS) is 24.7. The molecule has 0 bridgehead atoms. The van der Waals surface area contributed by atoms with E-state index in [2.05, 4.69) is 0 Å². The molecule has 0 aromatic carbocycles. The molecule has 0 saturated carbocycles. The van der Waals surface area contributed by atoms with Crippen LogP contribution in [0.15, 0.2) is 23.8 Å². The van der Waals surface area contributed by atoms with E-state index >= 15 is 0 Å². The first-order valence-corrected chi connectivity index (χ1v) is 4.19. The molecule has 0 heterocycles. The quantitative estimate of drug-likeness (QED) is 0.377. The van der Waals surface area contributed by atoms with E-state index in [1.165, 1.54) is 26.2 Å². The van der Waals surface area contributed by atoms with Crippen LogP contribution in [0.25, 0.3) is 0 Å². The number of allylic oxidation sites excluding steroid dienone is 2. The first-order chi connectivity index (χ1) is 7.04. The van der Waals surface area contributed by atoms with Crippen molar-refractivity contribution in [3.63, 3.8) is 0 Å². The number of rotatable bonds is 3. The van der Waals surface area contributed by atoms with Gasteiger partial charge in [-0.3, -0.25) is 14.4 Å². The molecule has 0 amide bonds. The van der Waals surface area contributed by atoms with Gasteiger partial charge in [0.25, 0.3) is 5.79 Å². The molecule has 1 aliphatic rings. The third-order valence-electron chi connectivity index (χ3n) is 1.87. The van der Waals surface area contributed by atoms with Gasteiger partial charge >= 0.3 is 5.97 Å². The zero-order valence-corrected chi connectivity index (χ0v) is 8.35. The minimum absolute atomic E-state index is 0.208. The minimum Gasteiger partial charge on any atom is -0.421 e. The fourth-order valence-electron chi connectivity index (χ4n) is 1.17. The molecule has 0 N–H and O–H groups in total. The standard InChI is InChI=1S/C10H10O5/c1-7(12)15-10(14-2)4-3-8(6-11)5-9(10)13/h3-6H,1-2H3. The first-order valence-electron chi connectivity index (χ1n) is 4.19. The average molecular weight is 210 g/mol. The Bertz CT molecular complexity index is 366. The second kappa shape index (κ2) is 4.18. The highest BCUT2D eigenvalue weighted by atomic mass is 16.7. The van der Waals surface area contributed by atoms with Gasteiger partial charge in [-0.05, 0) is 18.2 Å². The largest absolute Gasteiger partial charge is 0.421 e. The maximum atomic E-state index is 11.6. The predicted octanol–water partition coefficient (Wildman–Crippen LogP) is 0.156. The Hall–Kier alpha value is -1.75. The highest BCUT2D eigenvalue weighted by Gasteiger charge is 2.40. The van der Waals surface area contributed by atoms with E-state index in [0.29, 0.717) is 6.29 Å². The third-order valence-corrected chi connectivity index (χ3v) is 1.87. The van der Waals surface area contributed by atoms with Gasteiger partial charge in [0.2, 0.25) is 5.78 Å². The molecular formula is C10H10O5. The molecule has 1 aliphatic carbocycles. The van der Waals surface area contributed by atoms with Gasteiger partial charge in [-0.25, -0.2) is 0 Å². The lowest BCUT2D eigenvalue weighted by atomic mass is 10.0. The lowest BCUT2D eigenvalue weighted by Crippen LogP contribution is -2.43. The van der Waals surface area contributed by atoms with Crippen LogP contribution in [0.2, 0.25) is 0 Å². The third kappa shape index (κ3) is 2.19. The fraction of sp³-hybridized carbons (Fsp3) is 0.300. The van der Waals surface area contributed by atoms with Crippen molar-refractivity contribution < 1.29 is 23.9 Å².